The molecule has 7 heteroatoms. The highest BCUT2D eigenvalue weighted by molar-refractivity contribution is 6.33. The molecule has 178 valence electrons. The van der Waals surface area contributed by atoms with Crippen LogP contribution in [0.1, 0.15) is 26.3 Å². The first kappa shape index (κ1) is 21.9. The Hall–Kier alpha value is -2.57. The van der Waals surface area contributed by atoms with E-state index in [9.17, 15) is 9.59 Å². The molecule has 0 radical (unpaired) electrons. The van der Waals surface area contributed by atoms with Crippen LogP contribution >= 0.6 is 11.6 Å². The molecular formula is C27H31ClN4O2. The molecule has 1 saturated heterocycles. The zero-order valence-electron chi connectivity index (χ0n) is 20.1. The molecule has 7 rings (SSSR count). The molecule has 2 aliphatic carbocycles. The highest BCUT2D eigenvalue weighted by Gasteiger charge is 2.89. The van der Waals surface area contributed by atoms with Gasteiger partial charge >= 0.3 is 0 Å². The van der Waals surface area contributed by atoms with Crippen molar-refractivity contribution < 1.29 is 9.59 Å². The smallest absolute Gasteiger partial charge is 0.230 e. The second-order valence-corrected chi connectivity index (χ2v) is 11.6. The summed E-state index contributed by atoms with van der Waals surface area (Å²) in [6, 6.07) is 14.2. The number of rotatable bonds is 3. The van der Waals surface area contributed by atoms with E-state index in [0.29, 0.717) is 16.9 Å². The van der Waals surface area contributed by atoms with Crippen LogP contribution in [0.3, 0.4) is 0 Å². The summed E-state index contributed by atoms with van der Waals surface area (Å²) in [4.78, 5) is 32.0. The number of piperazine rings is 1. The molecule has 0 aromatic heterocycles. The normalized spacial score (nSPS) is 29.8. The van der Waals surface area contributed by atoms with Crippen LogP contribution in [-0.4, -0.2) is 49.9 Å². The monoisotopic (exact) mass is 478 g/mol. The Morgan fingerprint density at radius 2 is 1.71 bits per heavy atom. The van der Waals surface area contributed by atoms with Gasteiger partial charge in [0.1, 0.15) is 0 Å². The molecule has 2 saturated carbocycles. The average molecular weight is 479 g/mol. The number of nitrogens with zero attached hydrogens (tertiary/aromatic N) is 3. The van der Waals surface area contributed by atoms with Crippen molar-refractivity contribution in [3.8, 4) is 0 Å². The van der Waals surface area contributed by atoms with Gasteiger partial charge in [-0.15, -0.1) is 0 Å². The van der Waals surface area contributed by atoms with Crippen LogP contribution in [0.25, 0.3) is 0 Å². The number of fused-ring (bicyclic) bond motifs is 1. The number of halogens is 1. The molecule has 2 unspecified atom stereocenters. The maximum Gasteiger partial charge on any atom is 0.230 e. The summed E-state index contributed by atoms with van der Waals surface area (Å²) in [5.74, 6) is 1.37. The third-order valence-electron chi connectivity index (χ3n) is 8.27. The first-order chi connectivity index (χ1) is 16.2. The van der Waals surface area contributed by atoms with E-state index in [4.69, 9.17) is 11.6 Å². The number of hydrogen-bond acceptors (Lipinski definition) is 4. The molecule has 3 aliphatic heterocycles. The maximum absolute atomic E-state index is 12.9. The van der Waals surface area contributed by atoms with Crippen LogP contribution in [0.5, 0.6) is 0 Å². The van der Waals surface area contributed by atoms with E-state index in [1.807, 2.05) is 57.0 Å². The van der Waals surface area contributed by atoms with E-state index in [-0.39, 0.29) is 23.3 Å². The van der Waals surface area contributed by atoms with E-state index < -0.39 is 5.41 Å². The van der Waals surface area contributed by atoms with Gasteiger partial charge in [0.2, 0.25) is 11.8 Å². The summed E-state index contributed by atoms with van der Waals surface area (Å²) in [7, 11) is 1.92. The molecule has 2 aromatic rings. The SMILES string of the molecule is CN1C(=O)C2C3C2C3(N2CCN(c3ccc(NC(=O)C(C)(C)C)cc3Cl)CC2)c2ccccc21. The minimum Gasteiger partial charge on any atom is -0.368 e. The molecule has 5 aliphatic rings. The molecule has 3 fully saturated rings. The predicted molar refractivity (Wildman–Crippen MR) is 135 cm³/mol. The van der Waals surface area contributed by atoms with Crippen LogP contribution in [0.4, 0.5) is 17.1 Å². The van der Waals surface area contributed by atoms with Crippen molar-refractivity contribution in [1.29, 1.82) is 0 Å². The standard InChI is InChI=1S/C27H31ClN4O2/c1-26(2,3)25(34)29-16-9-10-20(18(28)15-16)31-11-13-32(14-12-31)27-17-7-5-6-8-19(17)30(4)24(33)21-22(27)23(21)27/h5-10,15,21-23H,11-14H2,1-4H3,(H,29,34). The van der Waals surface area contributed by atoms with E-state index in [1.54, 1.807) is 0 Å². The topological polar surface area (TPSA) is 55.9 Å². The molecule has 34 heavy (non-hydrogen) atoms. The summed E-state index contributed by atoms with van der Waals surface area (Å²) in [6.45, 7) is 9.31. The van der Waals surface area contributed by atoms with Crippen LogP contribution in [0.2, 0.25) is 5.02 Å². The van der Waals surface area contributed by atoms with Gasteiger partial charge in [-0.25, -0.2) is 0 Å². The van der Waals surface area contributed by atoms with Crippen molar-refractivity contribution >= 4 is 40.5 Å². The Morgan fingerprint density at radius 1 is 1.03 bits per heavy atom. The zero-order valence-corrected chi connectivity index (χ0v) is 20.9. The van der Waals surface area contributed by atoms with Gasteiger partial charge in [-0.1, -0.05) is 50.6 Å². The Labute approximate surface area is 205 Å². The predicted octanol–water partition coefficient (Wildman–Crippen LogP) is 4.19. The van der Waals surface area contributed by atoms with Gasteiger partial charge in [-0.3, -0.25) is 14.5 Å². The summed E-state index contributed by atoms with van der Waals surface area (Å²) in [6.07, 6.45) is 0. The molecule has 2 aromatic carbocycles. The van der Waals surface area contributed by atoms with Gasteiger partial charge in [0.05, 0.1) is 16.2 Å². The van der Waals surface area contributed by atoms with Crippen LogP contribution in [0.15, 0.2) is 42.5 Å². The molecule has 0 spiro atoms. The third kappa shape index (κ3) is 2.97. The van der Waals surface area contributed by atoms with E-state index in [2.05, 4.69) is 33.3 Å². The molecular weight excluding hydrogens is 448 g/mol. The van der Waals surface area contributed by atoms with Crippen LogP contribution < -0.4 is 15.1 Å². The summed E-state index contributed by atoms with van der Waals surface area (Å²) < 4.78 is 0. The highest BCUT2D eigenvalue weighted by Crippen LogP contribution is 2.84. The Bertz CT molecular complexity index is 1190. The quantitative estimate of drug-likeness (QED) is 0.718. The van der Waals surface area contributed by atoms with Gasteiger partial charge in [0.15, 0.2) is 0 Å². The van der Waals surface area contributed by atoms with E-state index in [0.717, 1.165) is 43.2 Å². The Morgan fingerprint density at radius 3 is 2.35 bits per heavy atom. The molecule has 2 bridgehead atoms. The highest BCUT2D eigenvalue weighted by atomic mass is 35.5. The van der Waals surface area contributed by atoms with Crippen molar-refractivity contribution in [1.82, 2.24) is 4.90 Å². The minimum atomic E-state index is -0.459. The van der Waals surface area contributed by atoms with Crippen LogP contribution in [-0.2, 0) is 15.1 Å². The number of nitrogens with one attached hydrogen (secondary N) is 1. The Balaban J connectivity index is 1.18. The lowest BCUT2D eigenvalue weighted by Crippen LogP contribution is -2.53. The summed E-state index contributed by atoms with van der Waals surface area (Å²) in [5.41, 5.74) is 3.68. The molecule has 3 heterocycles. The Kier molecular flexibility index (Phi) is 4.66. The first-order valence-corrected chi connectivity index (χ1v) is 12.5. The lowest BCUT2D eigenvalue weighted by Gasteiger charge is -2.44. The van der Waals surface area contributed by atoms with Crippen molar-refractivity contribution in [3.63, 3.8) is 0 Å². The summed E-state index contributed by atoms with van der Waals surface area (Å²) in [5, 5.41) is 3.61. The number of amides is 2. The molecule has 6 nitrogen and oxygen atoms in total. The largest absolute Gasteiger partial charge is 0.368 e. The number of carbonyl (C=O) groups excluding carboxylic acids is 2. The van der Waals surface area contributed by atoms with Crippen molar-refractivity contribution in [2.45, 2.75) is 26.3 Å². The molecule has 2 amide bonds. The second-order valence-electron chi connectivity index (χ2n) is 11.2. The number of benzene rings is 2. The zero-order chi connectivity index (χ0) is 24.0. The number of hydrogen-bond donors (Lipinski definition) is 1. The second kappa shape index (κ2) is 7.22. The van der Waals surface area contributed by atoms with Crippen LogP contribution in [0, 0.1) is 23.2 Å². The average Bonchev–Trinajstić information content (AvgIpc) is 3.71. The number of anilines is 3. The van der Waals surface area contributed by atoms with Crippen molar-refractivity contribution in [3.05, 3.63) is 53.1 Å². The fourth-order valence-corrected chi connectivity index (χ4v) is 6.65. The van der Waals surface area contributed by atoms with Gasteiger partial charge < -0.3 is 15.1 Å². The maximum atomic E-state index is 12.9. The van der Waals surface area contributed by atoms with Gasteiger partial charge in [-0.05, 0) is 41.7 Å². The van der Waals surface area contributed by atoms with Crippen molar-refractivity contribution in [2.75, 3.05) is 48.3 Å². The fourth-order valence-electron chi connectivity index (χ4n) is 6.35. The first-order valence-electron chi connectivity index (χ1n) is 12.1. The summed E-state index contributed by atoms with van der Waals surface area (Å²) >= 11 is 6.66. The number of para-hydroxylation sites is 1. The fraction of sp³-hybridized carbons (Fsp3) is 0.481. The van der Waals surface area contributed by atoms with Gasteiger partial charge in [0, 0.05) is 55.9 Å². The van der Waals surface area contributed by atoms with E-state index >= 15 is 0 Å². The van der Waals surface area contributed by atoms with Crippen molar-refractivity contribution in [2.24, 2.45) is 23.2 Å². The molecule has 2 atom stereocenters. The molecule has 1 N–H and O–H groups in total. The minimum absolute atomic E-state index is 0.0264. The third-order valence-corrected chi connectivity index (χ3v) is 8.57. The van der Waals surface area contributed by atoms with Gasteiger partial charge in [0.25, 0.3) is 0 Å². The van der Waals surface area contributed by atoms with E-state index in [1.165, 1.54) is 5.56 Å². The lowest BCUT2D eigenvalue weighted by molar-refractivity contribution is -0.123. The lowest BCUT2D eigenvalue weighted by atomic mass is 9.87. The van der Waals surface area contributed by atoms with Gasteiger partial charge in [-0.2, -0.15) is 0 Å². The number of carbonyl (C=O) groups is 2.